The number of aromatic nitrogens is 3. The summed E-state index contributed by atoms with van der Waals surface area (Å²) in [6, 6.07) is 8.99. The molecule has 0 saturated carbocycles. The smallest absolute Gasteiger partial charge is 0.307 e. The van der Waals surface area contributed by atoms with Crippen molar-refractivity contribution in [2.75, 3.05) is 6.61 Å². The van der Waals surface area contributed by atoms with Gasteiger partial charge in [-0.25, -0.2) is 9.67 Å². The Balaban J connectivity index is 1.84. The highest BCUT2D eigenvalue weighted by atomic mass is 16.5. The van der Waals surface area contributed by atoms with Gasteiger partial charge in [0.15, 0.2) is 5.65 Å². The third-order valence-electron chi connectivity index (χ3n) is 3.94. The maximum atomic E-state index is 10.8. The Labute approximate surface area is 150 Å². The van der Waals surface area contributed by atoms with Crippen LogP contribution in [0.25, 0.3) is 16.7 Å². The van der Waals surface area contributed by atoms with Crippen LogP contribution in [0, 0.1) is 0 Å². The highest BCUT2D eigenvalue weighted by molar-refractivity contribution is 5.77. The van der Waals surface area contributed by atoms with E-state index in [4.69, 9.17) is 9.84 Å². The van der Waals surface area contributed by atoms with Crippen molar-refractivity contribution in [2.45, 2.75) is 32.5 Å². The quantitative estimate of drug-likeness (QED) is 0.676. The molecule has 0 aliphatic rings. The lowest BCUT2D eigenvalue weighted by Crippen LogP contribution is -2.12. The number of benzene rings is 1. The molecule has 0 spiro atoms. The van der Waals surface area contributed by atoms with Gasteiger partial charge in [-0.2, -0.15) is 5.10 Å². The van der Waals surface area contributed by atoms with Gasteiger partial charge in [-0.05, 0) is 37.6 Å². The first-order valence-corrected chi connectivity index (χ1v) is 8.38. The number of ether oxygens (including phenoxy) is 1. The molecule has 0 aliphatic heterocycles. The van der Waals surface area contributed by atoms with E-state index in [0.717, 1.165) is 16.6 Å². The minimum atomic E-state index is -0.864. The van der Waals surface area contributed by atoms with Crippen LogP contribution in [-0.4, -0.2) is 43.7 Å². The fourth-order valence-electron chi connectivity index (χ4n) is 2.62. The number of aliphatic carboxylic acids is 1. The summed E-state index contributed by atoms with van der Waals surface area (Å²) in [7, 11) is 0. The molecule has 7 heteroatoms. The molecule has 0 radical (unpaired) electrons. The van der Waals surface area contributed by atoms with E-state index in [-0.39, 0.29) is 19.1 Å². The third-order valence-corrected chi connectivity index (χ3v) is 3.94. The van der Waals surface area contributed by atoms with Crippen LogP contribution in [-0.2, 0) is 16.0 Å². The zero-order valence-electron chi connectivity index (χ0n) is 14.7. The summed E-state index contributed by atoms with van der Waals surface area (Å²) in [5.74, 6) is -0.864. The molecule has 7 nitrogen and oxygen atoms in total. The molecular formula is C19H21N3O4. The number of carbonyl (C=O) groups is 1. The standard InChI is InChI=1S/C19H21N3O4/c1-12(2)26-11-17(23)14-8-15-10-21-22(19(15)20-9-14)16-5-3-13(4-6-16)7-18(24)25/h3-6,8-10,12,17,23H,7,11H2,1-2H3,(H,24,25)/t17-/m0/s1. The van der Waals surface area contributed by atoms with E-state index < -0.39 is 12.1 Å². The Kier molecular flexibility index (Phi) is 5.29. The van der Waals surface area contributed by atoms with Gasteiger partial charge < -0.3 is 14.9 Å². The van der Waals surface area contributed by atoms with Gasteiger partial charge in [0.2, 0.25) is 0 Å². The van der Waals surface area contributed by atoms with Crippen molar-refractivity contribution in [3.8, 4) is 5.69 Å². The summed E-state index contributed by atoms with van der Waals surface area (Å²) in [5, 5.41) is 24.2. The summed E-state index contributed by atoms with van der Waals surface area (Å²) in [6.07, 6.45) is 2.60. The molecule has 0 aliphatic carbocycles. The molecule has 0 unspecified atom stereocenters. The number of aliphatic hydroxyl groups is 1. The SMILES string of the molecule is CC(C)OC[C@H](O)c1cnc2c(cnn2-c2ccc(CC(=O)O)cc2)c1. The number of hydrogen-bond acceptors (Lipinski definition) is 5. The van der Waals surface area contributed by atoms with E-state index in [2.05, 4.69) is 10.1 Å². The Morgan fingerprint density at radius 2 is 1.96 bits per heavy atom. The summed E-state index contributed by atoms with van der Waals surface area (Å²) < 4.78 is 7.12. The van der Waals surface area contributed by atoms with Gasteiger partial charge in [0, 0.05) is 17.1 Å². The van der Waals surface area contributed by atoms with Gasteiger partial charge in [-0.1, -0.05) is 12.1 Å². The Hall–Kier alpha value is -2.77. The zero-order chi connectivity index (χ0) is 18.7. The Morgan fingerprint density at radius 3 is 2.62 bits per heavy atom. The molecule has 1 aromatic carbocycles. The second kappa shape index (κ2) is 7.63. The highest BCUT2D eigenvalue weighted by Crippen LogP contribution is 2.21. The molecule has 3 rings (SSSR count). The van der Waals surface area contributed by atoms with Crippen LogP contribution in [0.15, 0.2) is 42.7 Å². The van der Waals surface area contributed by atoms with Crippen LogP contribution >= 0.6 is 0 Å². The highest BCUT2D eigenvalue weighted by Gasteiger charge is 2.13. The molecule has 2 N–H and O–H groups in total. The monoisotopic (exact) mass is 355 g/mol. The van der Waals surface area contributed by atoms with Crippen LogP contribution in [0.2, 0.25) is 0 Å². The predicted molar refractivity (Wildman–Crippen MR) is 96.3 cm³/mol. The van der Waals surface area contributed by atoms with E-state index in [1.54, 1.807) is 29.2 Å². The Bertz CT molecular complexity index is 903. The van der Waals surface area contributed by atoms with Crippen LogP contribution < -0.4 is 0 Å². The molecule has 2 heterocycles. The number of aliphatic hydroxyl groups excluding tert-OH is 1. The van der Waals surface area contributed by atoms with E-state index in [9.17, 15) is 9.90 Å². The fraction of sp³-hybridized carbons (Fsp3) is 0.316. The molecule has 2 aromatic heterocycles. The third kappa shape index (κ3) is 4.07. The van der Waals surface area contributed by atoms with Crippen molar-refractivity contribution in [2.24, 2.45) is 0 Å². The van der Waals surface area contributed by atoms with Crippen LogP contribution in [0.1, 0.15) is 31.1 Å². The van der Waals surface area contributed by atoms with Gasteiger partial charge in [-0.15, -0.1) is 0 Å². The van der Waals surface area contributed by atoms with Gasteiger partial charge in [0.05, 0.1) is 31.0 Å². The van der Waals surface area contributed by atoms with Crippen LogP contribution in [0.4, 0.5) is 0 Å². The molecule has 26 heavy (non-hydrogen) atoms. The molecule has 1 atom stereocenters. The first-order chi connectivity index (χ1) is 12.4. The molecule has 0 saturated heterocycles. The second-order valence-corrected chi connectivity index (χ2v) is 6.37. The maximum absolute atomic E-state index is 10.8. The fourth-order valence-corrected chi connectivity index (χ4v) is 2.62. The summed E-state index contributed by atoms with van der Waals surface area (Å²) >= 11 is 0. The van der Waals surface area contributed by atoms with Gasteiger partial charge in [-0.3, -0.25) is 4.79 Å². The van der Waals surface area contributed by atoms with Crippen molar-refractivity contribution in [1.82, 2.24) is 14.8 Å². The number of carboxylic acids is 1. The lowest BCUT2D eigenvalue weighted by molar-refractivity contribution is -0.136. The van der Waals surface area contributed by atoms with Gasteiger partial charge in [0.1, 0.15) is 6.10 Å². The minimum absolute atomic E-state index is 0.0158. The first-order valence-electron chi connectivity index (χ1n) is 8.38. The summed E-state index contributed by atoms with van der Waals surface area (Å²) in [4.78, 5) is 15.2. The molecular weight excluding hydrogens is 334 g/mol. The Morgan fingerprint density at radius 1 is 1.23 bits per heavy atom. The number of carboxylic acid groups (broad SMARTS) is 1. The molecule has 3 aromatic rings. The molecule has 0 fully saturated rings. The number of hydrogen-bond donors (Lipinski definition) is 2. The van der Waals surface area contributed by atoms with Crippen molar-refractivity contribution < 1.29 is 19.7 Å². The average molecular weight is 355 g/mol. The maximum Gasteiger partial charge on any atom is 0.307 e. The van der Waals surface area contributed by atoms with Crippen LogP contribution in [0.3, 0.4) is 0 Å². The average Bonchev–Trinajstić information content (AvgIpc) is 3.03. The molecule has 0 amide bonds. The number of nitrogens with zero attached hydrogens (tertiary/aromatic N) is 3. The summed E-state index contributed by atoms with van der Waals surface area (Å²) in [6.45, 7) is 4.05. The number of pyridine rings is 1. The van der Waals surface area contributed by atoms with Crippen LogP contribution in [0.5, 0.6) is 0 Å². The first kappa shape index (κ1) is 18.0. The summed E-state index contributed by atoms with van der Waals surface area (Å²) in [5.41, 5.74) is 2.85. The lowest BCUT2D eigenvalue weighted by Gasteiger charge is -2.13. The zero-order valence-corrected chi connectivity index (χ0v) is 14.7. The lowest BCUT2D eigenvalue weighted by atomic mass is 10.1. The van der Waals surface area contributed by atoms with Crippen molar-refractivity contribution >= 4 is 17.0 Å². The number of fused-ring (bicyclic) bond motifs is 1. The van der Waals surface area contributed by atoms with Crippen molar-refractivity contribution in [3.63, 3.8) is 0 Å². The normalized spacial score (nSPS) is 12.6. The van der Waals surface area contributed by atoms with Crippen molar-refractivity contribution in [3.05, 3.63) is 53.9 Å². The minimum Gasteiger partial charge on any atom is -0.481 e. The number of rotatable bonds is 7. The van der Waals surface area contributed by atoms with E-state index >= 15 is 0 Å². The topological polar surface area (TPSA) is 97.5 Å². The molecule has 136 valence electrons. The predicted octanol–water partition coefficient (Wildman–Crippen LogP) is 2.51. The molecule has 0 bridgehead atoms. The van der Waals surface area contributed by atoms with E-state index in [0.29, 0.717) is 11.2 Å². The second-order valence-electron chi connectivity index (χ2n) is 6.37. The van der Waals surface area contributed by atoms with E-state index in [1.807, 2.05) is 32.0 Å². The van der Waals surface area contributed by atoms with Crippen molar-refractivity contribution in [1.29, 1.82) is 0 Å². The van der Waals surface area contributed by atoms with Gasteiger partial charge >= 0.3 is 5.97 Å². The van der Waals surface area contributed by atoms with E-state index in [1.165, 1.54) is 0 Å². The van der Waals surface area contributed by atoms with Gasteiger partial charge in [0.25, 0.3) is 0 Å². The largest absolute Gasteiger partial charge is 0.481 e.